The summed E-state index contributed by atoms with van der Waals surface area (Å²) in [6.07, 6.45) is 1.87. The summed E-state index contributed by atoms with van der Waals surface area (Å²) in [5.74, 6) is 1.16. The van der Waals surface area contributed by atoms with Gasteiger partial charge in [-0.3, -0.25) is 5.32 Å². The average Bonchev–Trinajstić information content (AvgIpc) is 2.41. The van der Waals surface area contributed by atoms with Crippen LogP contribution < -0.4 is 15.4 Å². The van der Waals surface area contributed by atoms with Gasteiger partial charge in [-0.05, 0) is 12.1 Å². The number of anilines is 1. The monoisotopic (exact) mass is 207 g/mol. The summed E-state index contributed by atoms with van der Waals surface area (Å²) in [4.78, 5) is 14.4. The van der Waals surface area contributed by atoms with Crippen LogP contribution in [-0.4, -0.2) is 22.7 Å². The minimum atomic E-state index is -1.12. The SMILES string of the molecule is O=C(O)NC1=COc2cccnc2NC1. The van der Waals surface area contributed by atoms with Crippen molar-refractivity contribution in [3.8, 4) is 5.75 Å². The molecule has 0 fully saturated rings. The highest BCUT2D eigenvalue weighted by molar-refractivity contribution is 5.67. The van der Waals surface area contributed by atoms with Crippen molar-refractivity contribution in [2.45, 2.75) is 0 Å². The van der Waals surface area contributed by atoms with E-state index >= 15 is 0 Å². The molecule has 0 atom stereocenters. The number of nitrogens with one attached hydrogen (secondary N) is 2. The normalized spacial score (nSPS) is 13.7. The molecule has 1 aliphatic rings. The maximum atomic E-state index is 10.4. The molecule has 0 bridgehead atoms. The van der Waals surface area contributed by atoms with Crippen molar-refractivity contribution in [1.29, 1.82) is 0 Å². The third-order valence-electron chi connectivity index (χ3n) is 1.81. The van der Waals surface area contributed by atoms with Crippen LogP contribution in [0.2, 0.25) is 0 Å². The van der Waals surface area contributed by atoms with E-state index < -0.39 is 6.09 Å². The van der Waals surface area contributed by atoms with Crippen molar-refractivity contribution < 1.29 is 14.6 Å². The van der Waals surface area contributed by atoms with Gasteiger partial charge in [-0.2, -0.15) is 0 Å². The lowest BCUT2D eigenvalue weighted by Gasteiger charge is -2.04. The Kier molecular flexibility index (Phi) is 2.40. The number of amides is 1. The Morgan fingerprint density at radius 2 is 2.53 bits per heavy atom. The summed E-state index contributed by atoms with van der Waals surface area (Å²) in [6.45, 7) is 0.330. The van der Waals surface area contributed by atoms with Gasteiger partial charge in [-0.1, -0.05) is 0 Å². The number of aromatic nitrogens is 1. The second-order valence-corrected chi connectivity index (χ2v) is 2.89. The number of carboxylic acid groups (broad SMARTS) is 1. The van der Waals surface area contributed by atoms with Crippen LogP contribution in [0.1, 0.15) is 0 Å². The molecule has 1 aromatic heterocycles. The number of nitrogens with zero attached hydrogens (tertiary/aromatic N) is 1. The van der Waals surface area contributed by atoms with Crippen LogP contribution >= 0.6 is 0 Å². The third-order valence-corrected chi connectivity index (χ3v) is 1.81. The van der Waals surface area contributed by atoms with Crippen molar-refractivity contribution in [2.24, 2.45) is 0 Å². The fraction of sp³-hybridized carbons (Fsp3) is 0.111. The molecule has 1 amide bonds. The Bertz CT molecular complexity index is 417. The number of hydrogen-bond acceptors (Lipinski definition) is 4. The molecule has 6 nitrogen and oxygen atoms in total. The summed E-state index contributed by atoms with van der Waals surface area (Å²) in [5.41, 5.74) is 0.431. The van der Waals surface area contributed by atoms with Crippen molar-refractivity contribution in [3.63, 3.8) is 0 Å². The lowest BCUT2D eigenvalue weighted by Crippen LogP contribution is -2.24. The van der Waals surface area contributed by atoms with Gasteiger partial charge in [0.15, 0.2) is 11.6 Å². The van der Waals surface area contributed by atoms with E-state index in [-0.39, 0.29) is 0 Å². The zero-order valence-corrected chi connectivity index (χ0v) is 7.73. The van der Waals surface area contributed by atoms with Crippen LogP contribution in [0.25, 0.3) is 0 Å². The predicted octanol–water partition coefficient (Wildman–Crippen LogP) is 0.995. The van der Waals surface area contributed by atoms with Crippen LogP contribution in [0.4, 0.5) is 10.6 Å². The van der Waals surface area contributed by atoms with Crippen LogP contribution in [0.3, 0.4) is 0 Å². The molecule has 0 aromatic carbocycles. The zero-order chi connectivity index (χ0) is 10.7. The molecule has 0 saturated carbocycles. The minimum Gasteiger partial charge on any atom is -0.465 e. The van der Waals surface area contributed by atoms with Crippen molar-refractivity contribution in [2.75, 3.05) is 11.9 Å². The van der Waals surface area contributed by atoms with Crippen LogP contribution in [0.5, 0.6) is 5.75 Å². The maximum Gasteiger partial charge on any atom is 0.409 e. The third kappa shape index (κ3) is 2.16. The number of ether oxygens (including phenoxy) is 1. The topological polar surface area (TPSA) is 83.5 Å². The summed E-state index contributed by atoms with van der Waals surface area (Å²) in [5, 5.41) is 13.7. The number of fused-ring (bicyclic) bond motifs is 1. The fourth-order valence-electron chi connectivity index (χ4n) is 1.18. The van der Waals surface area contributed by atoms with Gasteiger partial charge in [-0.15, -0.1) is 0 Å². The predicted molar refractivity (Wildman–Crippen MR) is 52.6 cm³/mol. The average molecular weight is 207 g/mol. The van der Waals surface area contributed by atoms with Gasteiger partial charge in [0.1, 0.15) is 6.26 Å². The zero-order valence-electron chi connectivity index (χ0n) is 7.73. The summed E-state index contributed by atoms with van der Waals surface area (Å²) >= 11 is 0. The van der Waals surface area contributed by atoms with Gasteiger partial charge >= 0.3 is 6.09 Å². The van der Waals surface area contributed by atoms with Gasteiger partial charge in [-0.25, -0.2) is 9.78 Å². The highest BCUT2D eigenvalue weighted by Crippen LogP contribution is 2.23. The molecular formula is C9H9N3O3. The van der Waals surface area contributed by atoms with Crippen LogP contribution in [0, 0.1) is 0 Å². The fourth-order valence-corrected chi connectivity index (χ4v) is 1.18. The standard InChI is InChI=1S/C9H9N3O3/c13-9(14)12-6-4-11-8-7(15-5-6)2-1-3-10-8/h1-3,5,12H,4H2,(H,10,11)(H,13,14). The molecule has 0 saturated heterocycles. The van der Waals surface area contributed by atoms with E-state index in [4.69, 9.17) is 9.84 Å². The number of rotatable bonds is 1. The molecule has 1 aliphatic heterocycles. The first-order valence-corrected chi connectivity index (χ1v) is 4.30. The Morgan fingerprint density at radius 3 is 3.33 bits per heavy atom. The molecule has 6 heteroatoms. The Balaban J connectivity index is 2.15. The largest absolute Gasteiger partial charge is 0.465 e. The van der Waals surface area contributed by atoms with E-state index in [0.717, 1.165) is 0 Å². The first-order valence-electron chi connectivity index (χ1n) is 4.30. The Labute approximate surface area is 85.6 Å². The van der Waals surface area contributed by atoms with E-state index in [2.05, 4.69) is 15.6 Å². The number of pyridine rings is 1. The number of hydrogen-bond donors (Lipinski definition) is 3. The quantitative estimate of drug-likeness (QED) is 0.639. The second-order valence-electron chi connectivity index (χ2n) is 2.89. The van der Waals surface area contributed by atoms with Gasteiger partial charge in [0, 0.05) is 6.20 Å². The molecule has 0 spiro atoms. The van der Waals surface area contributed by atoms with Crippen molar-refractivity contribution >= 4 is 11.9 Å². The van der Waals surface area contributed by atoms with Gasteiger partial charge < -0.3 is 15.2 Å². The van der Waals surface area contributed by atoms with Crippen molar-refractivity contribution in [3.05, 3.63) is 30.3 Å². The lowest BCUT2D eigenvalue weighted by molar-refractivity contribution is 0.197. The van der Waals surface area contributed by atoms with Gasteiger partial charge in [0.2, 0.25) is 0 Å². The molecule has 2 rings (SSSR count). The van der Waals surface area contributed by atoms with Crippen molar-refractivity contribution in [1.82, 2.24) is 10.3 Å². The Morgan fingerprint density at radius 1 is 1.67 bits per heavy atom. The molecule has 3 N–H and O–H groups in total. The van der Waals surface area contributed by atoms with Crippen LogP contribution in [0.15, 0.2) is 30.3 Å². The lowest BCUT2D eigenvalue weighted by atomic mass is 10.4. The first-order chi connectivity index (χ1) is 7.25. The molecule has 15 heavy (non-hydrogen) atoms. The Hall–Kier alpha value is -2.24. The molecule has 78 valence electrons. The van der Waals surface area contributed by atoms with E-state index in [0.29, 0.717) is 23.8 Å². The highest BCUT2D eigenvalue weighted by Gasteiger charge is 2.11. The second kappa shape index (κ2) is 3.87. The summed E-state index contributed by atoms with van der Waals surface area (Å²) in [7, 11) is 0. The summed E-state index contributed by atoms with van der Waals surface area (Å²) in [6, 6.07) is 3.49. The molecule has 1 aromatic rings. The van der Waals surface area contributed by atoms with E-state index in [1.165, 1.54) is 6.26 Å². The smallest absolute Gasteiger partial charge is 0.409 e. The van der Waals surface area contributed by atoms with Gasteiger partial charge in [0.05, 0.1) is 12.2 Å². The van der Waals surface area contributed by atoms with E-state index in [9.17, 15) is 4.79 Å². The first kappa shape index (κ1) is 9.32. The highest BCUT2D eigenvalue weighted by atomic mass is 16.5. The molecule has 0 aliphatic carbocycles. The summed E-state index contributed by atoms with van der Waals surface area (Å²) < 4.78 is 5.25. The van der Waals surface area contributed by atoms with E-state index in [1.807, 2.05) is 0 Å². The van der Waals surface area contributed by atoms with E-state index in [1.54, 1.807) is 18.3 Å². The van der Waals surface area contributed by atoms with Gasteiger partial charge in [0.25, 0.3) is 0 Å². The molecule has 0 unspecified atom stereocenters. The maximum absolute atomic E-state index is 10.4. The molecular weight excluding hydrogens is 198 g/mol. The molecule has 2 heterocycles. The molecule has 0 radical (unpaired) electrons. The number of carbonyl (C=O) groups is 1. The minimum absolute atomic E-state index is 0.330. The van der Waals surface area contributed by atoms with Crippen LogP contribution in [-0.2, 0) is 0 Å².